The van der Waals surface area contributed by atoms with Crippen LogP contribution < -0.4 is 5.32 Å². The van der Waals surface area contributed by atoms with Crippen LogP contribution >= 0.6 is 23.1 Å². The van der Waals surface area contributed by atoms with Gasteiger partial charge in [-0.3, -0.25) is 0 Å². The highest BCUT2D eigenvalue weighted by molar-refractivity contribution is 7.11. The molecule has 1 heterocycles. The van der Waals surface area contributed by atoms with Crippen LogP contribution in [-0.2, 0) is 5.88 Å². The van der Waals surface area contributed by atoms with Gasteiger partial charge in [-0.15, -0.1) is 11.6 Å². The lowest BCUT2D eigenvalue weighted by Gasteiger charge is -2.05. The van der Waals surface area contributed by atoms with Crippen molar-refractivity contribution < 1.29 is 0 Å². The van der Waals surface area contributed by atoms with E-state index >= 15 is 0 Å². The van der Waals surface area contributed by atoms with Gasteiger partial charge in [0, 0.05) is 17.0 Å². The highest BCUT2D eigenvalue weighted by Crippen LogP contribution is 2.30. The number of hydrogen-bond donors (Lipinski definition) is 1. The summed E-state index contributed by atoms with van der Waals surface area (Å²) in [6.45, 7) is 0. The predicted octanol–water partition coefficient (Wildman–Crippen LogP) is 4.78. The van der Waals surface area contributed by atoms with Gasteiger partial charge in [-0.1, -0.05) is 24.3 Å². The third-order valence-corrected chi connectivity index (χ3v) is 3.82. The summed E-state index contributed by atoms with van der Waals surface area (Å²) in [5.74, 6) is 0.527. The maximum atomic E-state index is 5.84. The second-order valence-electron chi connectivity index (χ2n) is 3.99. The topological polar surface area (TPSA) is 24.9 Å². The normalized spacial score (nSPS) is 10.7. The third-order valence-electron chi connectivity index (χ3n) is 2.72. The number of anilines is 2. The Morgan fingerprint density at radius 1 is 1.11 bits per heavy atom. The zero-order chi connectivity index (χ0) is 12.4. The number of halogens is 1. The monoisotopic (exact) mass is 274 g/mol. The van der Waals surface area contributed by atoms with E-state index in [9.17, 15) is 0 Å². The van der Waals surface area contributed by atoms with Crippen molar-refractivity contribution in [3.05, 3.63) is 54.1 Å². The molecule has 0 bridgehead atoms. The fourth-order valence-corrected chi connectivity index (χ4v) is 2.79. The van der Waals surface area contributed by atoms with Gasteiger partial charge in [-0.25, -0.2) is 0 Å². The summed E-state index contributed by atoms with van der Waals surface area (Å²) in [6.07, 6.45) is 0. The minimum atomic E-state index is 0.527. The first-order chi connectivity index (χ1) is 8.86. The maximum absolute atomic E-state index is 5.84. The van der Waals surface area contributed by atoms with E-state index in [-0.39, 0.29) is 0 Å². The van der Waals surface area contributed by atoms with Gasteiger partial charge >= 0.3 is 0 Å². The molecule has 0 atom stereocenters. The zero-order valence-corrected chi connectivity index (χ0v) is 11.1. The molecule has 1 N–H and O–H groups in total. The highest BCUT2D eigenvalue weighted by Gasteiger charge is 2.05. The van der Waals surface area contributed by atoms with Crippen LogP contribution in [0.2, 0.25) is 0 Å². The van der Waals surface area contributed by atoms with E-state index < -0.39 is 0 Å². The molecule has 0 aliphatic carbocycles. The summed E-state index contributed by atoms with van der Waals surface area (Å²) < 4.78 is 4.41. The molecule has 0 aliphatic rings. The highest BCUT2D eigenvalue weighted by atomic mass is 35.5. The summed E-state index contributed by atoms with van der Waals surface area (Å²) in [5, 5.41) is 5.62. The second-order valence-corrected chi connectivity index (χ2v) is 5.03. The number of hydrogen-bond acceptors (Lipinski definition) is 3. The summed E-state index contributed by atoms with van der Waals surface area (Å²) in [7, 11) is 0. The first-order valence-electron chi connectivity index (χ1n) is 5.63. The van der Waals surface area contributed by atoms with Gasteiger partial charge in [0.2, 0.25) is 0 Å². The van der Waals surface area contributed by atoms with Crippen molar-refractivity contribution in [1.29, 1.82) is 0 Å². The number of nitrogens with one attached hydrogen (secondary N) is 1. The van der Waals surface area contributed by atoms with Gasteiger partial charge in [0.15, 0.2) is 0 Å². The minimum absolute atomic E-state index is 0.527. The molecule has 1 aromatic heterocycles. The molecule has 3 rings (SSSR count). The van der Waals surface area contributed by atoms with E-state index in [4.69, 9.17) is 11.6 Å². The average Bonchev–Trinajstić information content (AvgIpc) is 2.83. The summed E-state index contributed by atoms with van der Waals surface area (Å²) >= 11 is 7.32. The Kier molecular flexibility index (Phi) is 3.17. The van der Waals surface area contributed by atoms with Crippen molar-refractivity contribution in [3.63, 3.8) is 0 Å². The molecule has 90 valence electrons. The predicted molar refractivity (Wildman–Crippen MR) is 78.9 cm³/mol. The van der Waals surface area contributed by atoms with Crippen LogP contribution in [0.25, 0.3) is 10.9 Å². The smallest absolute Gasteiger partial charge is 0.121 e. The molecule has 3 aromatic rings. The molecule has 2 nitrogen and oxygen atoms in total. The Morgan fingerprint density at radius 2 is 2.00 bits per heavy atom. The number of rotatable bonds is 3. The van der Waals surface area contributed by atoms with Gasteiger partial charge in [0.1, 0.15) is 5.00 Å². The minimum Gasteiger partial charge on any atom is -0.345 e. The van der Waals surface area contributed by atoms with Crippen molar-refractivity contribution in [1.82, 2.24) is 4.37 Å². The van der Waals surface area contributed by atoms with E-state index in [0.29, 0.717) is 5.88 Å². The van der Waals surface area contributed by atoms with Crippen molar-refractivity contribution in [3.8, 4) is 0 Å². The summed E-state index contributed by atoms with van der Waals surface area (Å²) in [4.78, 5) is 0. The van der Waals surface area contributed by atoms with E-state index in [2.05, 4.69) is 21.8 Å². The van der Waals surface area contributed by atoms with Crippen LogP contribution in [-0.4, -0.2) is 4.37 Å². The average molecular weight is 275 g/mol. The standard InChI is InChI=1S/C14H11ClN2S/c15-9-10-4-3-5-11(8-10)16-14-12-6-1-2-7-13(12)17-18-14/h1-8,16H,9H2. The van der Waals surface area contributed by atoms with E-state index in [1.54, 1.807) is 0 Å². The Bertz CT molecular complexity index is 678. The molecule has 4 heteroatoms. The zero-order valence-electron chi connectivity index (χ0n) is 9.56. The van der Waals surface area contributed by atoms with Crippen LogP contribution in [0.5, 0.6) is 0 Å². The van der Waals surface area contributed by atoms with E-state index in [0.717, 1.165) is 27.2 Å². The Balaban J connectivity index is 1.96. The van der Waals surface area contributed by atoms with Gasteiger partial charge in [0.05, 0.1) is 5.52 Å². The third kappa shape index (κ3) is 2.19. The van der Waals surface area contributed by atoms with Crippen LogP contribution in [0, 0.1) is 0 Å². The van der Waals surface area contributed by atoms with Crippen LogP contribution in [0.1, 0.15) is 5.56 Å². The van der Waals surface area contributed by atoms with Gasteiger partial charge in [-0.2, -0.15) is 4.37 Å². The molecule has 0 saturated heterocycles. The Morgan fingerprint density at radius 3 is 2.89 bits per heavy atom. The number of nitrogens with zero attached hydrogens (tertiary/aromatic N) is 1. The van der Waals surface area contributed by atoms with Crippen LogP contribution in [0.3, 0.4) is 0 Å². The molecular weight excluding hydrogens is 264 g/mol. The van der Waals surface area contributed by atoms with Crippen LogP contribution in [0.4, 0.5) is 10.7 Å². The lowest BCUT2D eigenvalue weighted by Crippen LogP contribution is -1.89. The molecule has 0 spiro atoms. The Labute approximate surface area is 114 Å². The Hall–Kier alpha value is -1.58. The molecule has 0 fully saturated rings. The molecular formula is C14H11ClN2S. The first-order valence-corrected chi connectivity index (χ1v) is 6.94. The van der Waals surface area contributed by atoms with E-state index in [1.807, 2.05) is 36.4 Å². The molecule has 0 unspecified atom stereocenters. The first kappa shape index (κ1) is 11.5. The number of aromatic nitrogens is 1. The number of fused-ring (bicyclic) bond motifs is 1. The van der Waals surface area contributed by atoms with Gasteiger partial charge in [0.25, 0.3) is 0 Å². The molecule has 0 amide bonds. The number of benzene rings is 2. The molecule has 2 aromatic carbocycles. The maximum Gasteiger partial charge on any atom is 0.121 e. The van der Waals surface area contributed by atoms with Crippen molar-refractivity contribution in [2.45, 2.75) is 5.88 Å². The van der Waals surface area contributed by atoms with Gasteiger partial charge < -0.3 is 5.32 Å². The quantitative estimate of drug-likeness (QED) is 0.695. The van der Waals surface area contributed by atoms with Crippen molar-refractivity contribution in [2.24, 2.45) is 0 Å². The van der Waals surface area contributed by atoms with Crippen molar-refractivity contribution in [2.75, 3.05) is 5.32 Å². The second kappa shape index (κ2) is 4.96. The van der Waals surface area contributed by atoms with Crippen LogP contribution in [0.15, 0.2) is 48.5 Å². The SMILES string of the molecule is ClCc1cccc(Nc2snc3ccccc23)c1. The van der Waals surface area contributed by atoms with E-state index in [1.165, 1.54) is 11.5 Å². The fourth-order valence-electron chi connectivity index (χ4n) is 1.84. The molecule has 18 heavy (non-hydrogen) atoms. The van der Waals surface area contributed by atoms with Gasteiger partial charge in [-0.05, 0) is 41.4 Å². The lowest BCUT2D eigenvalue weighted by molar-refractivity contribution is 1.40. The fraction of sp³-hybridized carbons (Fsp3) is 0.0714. The summed E-state index contributed by atoms with van der Waals surface area (Å²) in [5.41, 5.74) is 3.18. The molecule has 0 radical (unpaired) electrons. The molecule has 0 saturated carbocycles. The largest absolute Gasteiger partial charge is 0.345 e. The lowest BCUT2D eigenvalue weighted by atomic mass is 10.2. The van der Waals surface area contributed by atoms with Crippen molar-refractivity contribution >= 4 is 44.7 Å². The number of alkyl halides is 1. The summed E-state index contributed by atoms with van der Waals surface area (Å²) in [6, 6.07) is 16.2. The molecule has 0 aliphatic heterocycles.